The van der Waals surface area contributed by atoms with Crippen LogP contribution in [0.3, 0.4) is 0 Å². The van der Waals surface area contributed by atoms with Crippen molar-refractivity contribution in [2.45, 2.75) is 12.1 Å². The third-order valence-electron chi connectivity index (χ3n) is 2.80. The predicted octanol–water partition coefficient (Wildman–Crippen LogP) is 1.84. The molecule has 0 N–H and O–H groups in total. The van der Waals surface area contributed by atoms with Crippen LogP contribution in [0.25, 0.3) is 17.0 Å². The van der Waals surface area contributed by atoms with Crippen LogP contribution in [0.4, 0.5) is 0 Å². The minimum Gasteiger partial charge on any atom is -0.465 e. The Morgan fingerprint density at radius 3 is 3.05 bits per heavy atom. The molecular formula is C14H13N5O2S. The van der Waals surface area contributed by atoms with E-state index in [2.05, 4.69) is 20.1 Å². The smallest absolute Gasteiger partial charge is 0.316 e. The highest BCUT2D eigenvalue weighted by atomic mass is 32.2. The van der Waals surface area contributed by atoms with Crippen molar-refractivity contribution in [3.05, 3.63) is 36.8 Å². The first-order chi connectivity index (χ1) is 10.8. The molecule has 3 aromatic rings. The molecule has 8 heteroatoms. The lowest BCUT2D eigenvalue weighted by molar-refractivity contribution is -0.139. The highest BCUT2D eigenvalue weighted by Crippen LogP contribution is 2.20. The molecule has 0 aliphatic rings. The fourth-order valence-electron chi connectivity index (χ4n) is 1.90. The van der Waals surface area contributed by atoms with Gasteiger partial charge in [0.2, 0.25) is 5.16 Å². The molecule has 0 saturated carbocycles. The molecule has 0 bridgehead atoms. The zero-order chi connectivity index (χ0) is 15.4. The number of nitrogens with zero attached hydrogens (tertiary/aromatic N) is 5. The number of fused-ring (bicyclic) bond motifs is 1. The van der Waals surface area contributed by atoms with Crippen molar-refractivity contribution in [3.8, 4) is 11.3 Å². The summed E-state index contributed by atoms with van der Waals surface area (Å²) in [6, 6.07) is 5.64. The minimum absolute atomic E-state index is 0.174. The number of esters is 1. The quantitative estimate of drug-likeness (QED) is 0.525. The minimum atomic E-state index is -0.285. The normalized spacial score (nSPS) is 10.8. The van der Waals surface area contributed by atoms with E-state index < -0.39 is 0 Å². The van der Waals surface area contributed by atoms with Gasteiger partial charge in [0.05, 0.1) is 18.1 Å². The summed E-state index contributed by atoms with van der Waals surface area (Å²) in [7, 11) is 0. The Labute approximate surface area is 130 Å². The molecule has 7 nitrogen and oxygen atoms in total. The van der Waals surface area contributed by atoms with Crippen LogP contribution in [0.5, 0.6) is 0 Å². The summed E-state index contributed by atoms with van der Waals surface area (Å²) >= 11 is 1.22. The molecule has 0 aliphatic heterocycles. The first-order valence-corrected chi connectivity index (χ1v) is 7.67. The van der Waals surface area contributed by atoms with Crippen molar-refractivity contribution in [1.29, 1.82) is 0 Å². The highest BCUT2D eigenvalue weighted by Gasteiger charge is 2.12. The zero-order valence-corrected chi connectivity index (χ0v) is 12.7. The van der Waals surface area contributed by atoms with Crippen LogP contribution in [0.1, 0.15) is 6.92 Å². The second kappa shape index (κ2) is 6.52. The summed E-state index contributed by atoms with van der Waals surface area (Å²) < 4.78 is 6.53. The van der Waals surface area contributed by atoms with Crippen molar-refractivity contribution in [2.24, 2.45) is 0 Å². The van der Waals surface area contributed by atoms with Crippen molar-refractivity contribution in [2.75, 3.05) is 12.4 Å². The molecule has 0 radical (unpaired) electrons. The third kappa shape index (κ3) is 3.06. The van der Waals surface area contributed by atoms with Crippen molar-refractivity contribution < 1.29 is 9.53 Å². The van der Waals surface area contributed by atoms with Crippen LogP contribution < -0.4 is 0 Å². The zero-order valence-electron chi connectivity index (χ0n) is 11.8. The fourth-order valence-corrected chi connectivity index (χ4v) is 2.51. The average molecular weight is 315 g/mol. The maximum Gasteiger partial charge on any atom is 0.316 e. The van der Waals surface area contributed by atoms with Gasteiger partial charge in [0.15, 0.2) is 0 Å². The molecule has 3 rings (SSSR count). The molecule has 0 amide bonds. The highest BCUT2D eigenvalue weighted by molar-refractivity contribution is 7.99. The number of thioether (sulfide) groups is 1. The number of carbonyl (C=O) groups is 1. The molecule has 0 aromatic carbocycles. The number of ether oxygens (including phenoxy) is 1. The summed E-state index contributed by atoms with van der Waals surface area (Å²) in [5.41, 5.74) is 1.76. The second-order valence-corrected chi connectivity index (χ2v) is 5.21. The van der Waals surface area contributed by atoms with Crippen LogP contribution in [0, 0.1) is 0 Å². The molecule has 0 aliphatic carbocycles. The SMILES string of the molecule is CCOC(=O)CSc1nc2nccc(-c3cccnc3)n2n1. The van der Waals surface area contributed by atoms with Gasteiger partial charge in [-0.05, 0) is 25.1 Å². The molecule has 0 atom stereocenters. The largest absolute Gasteiger partial charge is 0.465 e. The Balaban J connectivity index is 1.89. The van der Waals surface area contributed by atoms with E-state index in [9.17, 15) is 4.79 Å². The molecule has 0 unspecified atom stereocenters. The lowest BCUT2D eigenvalue weighted by atomic mass is 10.2. The second-order valence-electron chi connectivity index (χ2n) is 4.27. The van der Waals surface area contributed by atoms with Crippen LogP contribution >= 0.6 is 11.8 Å². The molecule has 22 heavy (non-hydrogen) atoms. The Kier molecular flexibility index (Phi) is 4.29. The topological polar surface area (TPSA) is 82.3 Å². The van der Waals surface area contributed by atoms with E-state index in [0.29, 0.717) is 17.5 Å². The van der Waals surface area contributed by atoms with E-state index in [-0.39, 0.29) is 11.7 Å². The summed E-state index contributed by atoms with van der Waals surface area (Å²) in [5, 5.41) is 4.87. The van der Waals surface area contributed by atoms with E-state index in [1.807, 2.05) is 18.2 Å². The van der Waals surface area contributed by atoms with Gasteiger partial charge in [0.1, 0.15) is 0 Å². The van der Waals surface area contributed by atoms with Gasteiger partial charge in [0.25, 0.3) is 5.78 Å². The van der Waals surface area contributed by atoms with Gasteiger partial charge in [-0.3, -0.25) is 9.78 Å². The number of pyridine rings is 1. The maximum atomic E-state index is 11.4. The number of rotatable bonds is 5. The van der Waals surface area contributed by atoms with Crippen LogP contribution in [0.15, 0.2) is 41.9 Å². The number of carbonyl (C=O) groups excluding carboxylic acids is 1. The number of hydrogen-bond acceptors (Lipinski definition) is 7. The molecule has 112 valence electrons. The molecule has 3 aromatic heterocycles. The summed E-state index contributed by atoms with van der Waals surface area (Å²) in [6.45, 7) is 2.14. The van der Waals surface area contributed by atoms with Gasteiger partial charge < -0.3 is 4.74 Å². The van der Waals surface area contributed by atoms with E-state index in [1.165, 1.54) is 11.8 Å². The van der Waals surface area contributed by atoms with Gasteiger partial charge in [0, 0.05) is 24.2 Å². The Hall–Kier alpha value is -2.48. The first-order valence-electron chi connectivity index (χ1n) is 6.68. The van der Waals surface area contributed by atoms with Gasteiger partial charge in [-0.2, -0.15) is 9.50 Å². The Morgan fingerprint density at radius 2 is 2.27 bits per heavy atom. The van der Waals surface area contributed by atoms with Crippen molar-refractivity contribution in [1.82, 2.24) is 24.6 Å². The van der Waals surface area contributed by atoms with Gasteiger partial charge in [-0.15, -0.1) is 5.10 Å². The summed E-state index contributed by atoms with van der Waals surface area (Å²) in [6.07, 6.45) is 5.14. The molecule has 0 fully saturated rings. The van der Waals surface area contributed by atoms with Crippen LogP contribution in [0.2, 0.25) is 0 Å². The maximum absolute atomic E-state index is 11.4. The van der Waals surface area contributed by atoms with E-state index >= 15 is 0 Å². The van der Waals surface area contributed by atoms with E-state index in [4.69, 9.17) is 4.74 Å². The van der Waals surface area contributed by atoms with Crippen LogP contribution in [-0.2, 0) is 9.53 Å². The summed E-state index contributed by atoms with van der Waals surface area (Å²) in [5.74, 6) is 0.368. The lowest BCUT2D eigenvalue weighted by Crippen LogP contribution is -2.06. The summed E-state index contributed by atoms with van der Waals surface area (Å²) in [4.78, 5) is 24.0. The van der Waals surface area contributed by atoms with Gasteiger partial charge >= 0.3 is 5.97 Å². The molecule has 0 saturated heterocycles. The van der Waals surface area contributed by atoms with Gasteiger partial charge in [-0.25, -0.2) is 4.98 Å². The van der Waals surface area contributed by atoms with Gasteiger partial charge in [-0.1, -0.05) is 11.8 Å². The Bertz CT molecular complexity index is 790. The third-order valence-corrected chi connectivity index (χ3v) is 3.61. The monoisotopic (exact) mass is 315 g/mol. The first kappa shape index (κ1) is 14.5. The fraction of sp³-hybridized carbons (Fsp3) is 0.214. The molecule has 0 spiro atoms. The molecular weight excluding hydrogens is 302 g/mol. The van der Waals surface area contributed by atoms with E-state index in [1.54, 1.807) is 30.0 Å². The average Bonchev–Trinajstić information content (AvgIpc) is 2.97. The lowest BCUT2D eigenvalue weighted by Gasteiger charge is -2.02. The standard InChI is InChI=1S/C14H13N5O2S/c1-2-21-12(20)9-22-14-17-13-16-7-5-11(19(13)18-14)10-4-3-6-15-8-10/h3-8H,2,9H2,1H3. The number of aromatic nitrogens is 5. The van der Waals surface area contributed by atoms with Crippen LogP contribution in [-0.4, -0.2) is 42.9 Å². The van der Waals surface area contributed by atoms with Crippen molar-refractivity contribution >= 4 is 23.5 Å². The predicted molar refractivity (Wildman–Crippen MR) is 81.4 cm³/mol. The van der Waals surface area contributed by atoms with E-state index in [0.717, 1.165) is 11.3 Å². The van der Waals surface area contributed by atoms with Crippen molar-refractivity contribution in [3.63, 3.8) is 0 Å². The Morgan fingerprint density at radius 1 is 1.36 bits per heavy atom. The number of hydrogen-bond donors (Lipinski definition) is 0. The molecule has 3 heterocycles.